The van der Waals surface area contributed by atoms with Gasteiger partial charge in [0.25, 0.3) is 0 Å². The van der Waals surface area contributed by atoms with Crippen molar-refractivity contribution in [3.63, 3.8) is 0 Å². The monoisotopic (exact) mass is 327 g/mol. The predicted molar refractivity (Wildman–Crippen MR) is 102 cm³/mol. The van der Waals surface area contributed by atoms with E-state index in [0.717, 1.165) is 11.4 Å². The second-order valence-electron chi connectivity index (χ2n) is 6.91. The van der Waals surface area contributed by atoms with Gasteiger partial charge in [-0.05, 0) is 54.2 Å². The fraction of sp³-hybridized carbons (Fsp3) is 0.368. The maximum atomic E-state index is 5.37. The number of aryl methyl sites for hydroxylation is 1. The van der Waals surface area contributed by atoms with E-state index in [1.807, 2.05) is 25.3 Å². The van der Waals surface area contributed by atoms with Crippen LogP contribution in [-0.4, -0.2) is 10.1 Å². The van der Waals surface area contributed by atoms with E-state index in [2.05, 4.69) is 67.6 Å². The highest BCUT2D eigenvalue weighted by atomic mass is 32.1. The van der Waals surface area contributed by atoms with E-state index in [1.54, 1.807) is 0 Å². The molecule has 3 nitrogen and oxygen atoms in total. The third-order valence-electron chi connectivity index (χ3n) is 3.78. The lowest BCUT2D eigenvalue weighted by Crippen LogP contribution is -2.31. The Morgan fingerprint density at radius 1 is 1.09 bits per heavy atom. The number of hydrogen-bond donors (Lipinski definition) is 2. The van der Waals surface area contributed by atoms with Gasteiger partial charge in [0.2, 0.25) is 0 Å². The Hall–Kier alpha value is -1.94. The quantitative estimate of drug-likeness (QED) is 0.799. The summed E-state index contributed by atoms with van der Waals surface area (Å²) < 4.78 is 0. The zero-order valence-electron chi connectivity index (χ0n) is 14.5. The molecule has 122 valence electrons. The van der Waals surface area contributed by atoms with Gasteiger partial charge in [-0.25, -0.2) is 4.98 Å². The molecule has 1 aromatic carbocycles. The van der Waals surface area contributed by atoms with Crippen molar-refractivity contribution in [3.05, 3.63) is 59.3 Å². The van der Waals surface area contributed by atoms with E-state index < -0.39 is 0 Å². The summed E-state index contributed by atoms with van der Waals surface area (Å²) in [7, 11) is 0. The molecule has 0 aliphatic carbocycles. The van der Waals surface area contributed by atoms with Crippen molar-refractivity contribution in [1.29, 1.82) is 0 Å². The standard InChI is InChI=1S/C19H25N3S/c1-13-6-11-17(20-12-13)22-18(23)21-14(2)15-7-9-16(10-8-15)19(3,4)5/h6-12,14H,1-5H3,(H2,20,21,22,23)/t14-/m1/s1. The molecular weight excluding hydrogens is 302 g/mol. The van der Waals surface area contributed by atoms with E-state index in [1.165, 1.54) is 11.1 Å². The number of rotatable bonds is 3. The molecule has 1 atom stereocenters. The van der Waals surface area contributed by atoms with Crippen molar-refractivity contribution in [2.75, 3.05) is 5.32 Å². The third-order valence-corrected chi connectivity index (χ3v) is 4.00. The largest absolute Gasteiger partial charge is 0.356 e. The Kier molecular flexibility index (Phi) is 5.37. The lowest BCUT2D eigenvalue weighted by atomic mass is 9.86. The number of hydrogen-bond acceptors (Lipinski definition) is 2. The predicted octanol–water partition coefficient (Wildman–Crippen LogP) is 4.74. The van der Waals surface area contributed by atoms with Crippen molar-refractivity contribution >= 4 is 23.1 Å². The van der Waals surface area contributed by atoms with Crippen LogP contribution in [0.3, 0.4) is 0 Å². The number of anilines is 1. The van der Waals surface area contributed by atoms with Crippen molar-refractivity contribution in [2.24, 2.45) is 0 Å². The highest BCUT2D eigenvalue weighted by Gasteiger charge is 2.14. The van der Waals surface area contributed by atoms with Crippen LogP contribution in [0.4, 0.5) is 5.82 Å². The minimum atomic E-state index is 0.134. The highest BCUT2D eigenvalue weighted by Crippen LogP contribution is 2.23. The SMILES string of the molecule is Cc1ccc(NC(=S)N[C@H](C)c2ccc(C(C)(C)C)cc2)nc1. The molecule has 0 aliphatic rings. The maximum absolute atomic E-state index is 5.37. The molecule has 0 aliphatic heterocycles. The molecule has 2 N–H and O–H groups in total. The zero-order valence-corrected chi connectivity index (χ0v) is 15.3. The van der Waals surface area contributed by atoms with Crippen molar-refractivity contribution in [3.8, 4) is 0 Å². The van der Waals surface area contributed by atoms with E-state index in [0.29, 0.717) is 5.11 Å². The summed E-state index contributed by atoms with van der Waals surface area (Å²) in [5.74, 6) is 0.753. The average Bonchev–Trinajstić information content (AvgIpc) is 2.49. The second-order valence-corrected chi connectivity index (χ2v) is 7.32. The van der Waals surface area contributed by atoms with Gasteiger partial charge in [0.1, 0.15) is 5.82 Å². The van der Waals surface area contributed by atoms with Gasteiger partial charge in [-0.3, -0.25) is 0 Å². The van der Waals surface area contributed by atoms with Crippen LogP contribution in [0.1, 0.15) is 50.4 Å². The molecule has 0 amide bonds. The molecule has 0 radical (unpaired) electrons. The number of aromatic nitrogens is 1. The molecule has 1 aromatic heterocycles. The van der Waals surface area contributed by atoms with Crippen LogP contribution in [0, 0.1) is 6.92 Å². The Balaban J connectivity index is 1.96. The fourth-order valence-corrected chi connectivity index (χ4v) is 2.53. The molecule has 23 heavy (non-hydrogen) atoms. The molecule has 2 rings (SSSR count). The smallest absolute Gasteiger partial charge is 0.172 e. The van der Waals surface area contributed by atoms with Gasteiger partial charge in [-0.2, -0.15) is 0 Å². The number of benzene rings is 1. The molecule has 0 bridgehead atoms. The Labute approximate surface area is 144 Å². The summed E-state index contributed by atoms with van der Waals surface area (Å²) in [6.07, 6.45) is 1.82. The first-order valence-electron chi connectivity index (χ1n) is 7.86. The number of pyridine rings is 1. The molecule has 0 unspecified atom stereocenters. The Morgan fingerprint density at radius 3 is 2.26 bits per heavy atom. The second kappa shape index (κ2) is 7.09. The van der Waals surface area contributed by atoms with Gasteiger partial charge >= 0.3 is 0 Å². The van der Waals surface area contributed by atoms with Gasteiger partial charge in [0.15, 0.2) is 5.11 Å². The number of nitrogens with zero attached hydrogens (tertiary/aromatic N) is 1. The van der Waals surface area contributed by atoms with Crippen LogP contribution in [0.25, 0.3) is 0 Å². The third kappa shape index (κ3) is 5.03. The minimum Gasteiger partial charge on any atom is -0.356 e. The van der Waals surface area contributed by atoms with E-state index >= 15 is 0 Å². The molecule has 1 heterocycles. The topological polar surface area (TPSA) is 37.0 Å². The lowest BCUT2D eigenvalue weighted by Gasteiger charge is -2.21. The van der Waals surface area contributed by atoms with Crippen molar-refractivity contribution < 1.29 is 0 Å². The molecule has 4 heteroatoms. The van der Waals surface area contributed by atoms with Gasteiger partial charge in [-0.1, -0.05) is 51.1 Å². The molecule has 0 saturated carbocycles. The summed E-state index contributed by atoms with van der Waals surface area (Å²) >= 11 is 5.37. The summed E-state index contributed by atoms with van der Waals surface area (Å²) in [6, 6.07) is 12.8. The lowest BCUT2D eigenvalue weighted by molar-refractivity contribution is 0.589. The van der Waals surface area contributed by atoms with E-state index in [4.69, 9.17) is 12.2 Å². The van der Waals surface area contributed by atoms with Gasteiger partial charge < -0.3 is 10.6 Å². The molecule has 0 spiro atoms. The van der Waals surface area contributed by atoms with Gasteiger partial charge in [0, 0.05) is 6.20 Å². The molecule has 0 saturated heterocycles. The summed E-state index contributed by atoms with van der Waals surface area (Å²) in [5, 5.41) is 6.99. The number of thiocarbonyl (C=S) groups is 1. The van der Waals surface area contributed by atoms with Crippen LogP contribution in [0.15, 0.2) is 42.6 Å². The van der Waals surface area contributed by atoms with Crippen LogP contribution in [-0.2, 0) is 5.41 Å². The normalized spacial score (nSPS) is 12.6. The summed E-state index contributed by atoms with van der Waals surface area (Å²) in [5.41, 5.74) is 3.84. The van der Waals surface area contributed by atoms with Gasteiger partial charge in [0.05, 0.1) is 6.04 Å². The Morgan fingerprint density at radius 2 is 1.74 bits per heavy atom. The molecule has 0 fully saturated rings. The summed E-state index contributed by atoms with van der Waals surface area (Å²) in [6.45, 7) is 10.8. The van der Waals surface area contributed by atoms with E-state index in [-0.39, 0.29) is 11.5 Å². The molecule has 2 aromatic rings. The fourth-order valence-electron chi connectivity index (χ4n) is 2.25. The van der Waals surface area contributed by atoms with Gasteiger partial charge in [-0.15, -0.1) is 0 Å². The van der Waals surface area contributed by atoms with Crippen molar-refractivity contribution in [1.82, 2.24) is 10.3 Å². The maximum Gasteiger partial charge on any atom is 0.172 e. The zero-order chi connectivity index (χ0) is 17.0. The summed E-state index contributed by atoms with van der Waals surface area (Å²) in [4.78, 5) is 4.30. The molecular formula is C19H25N3S. The van der Waals surface area contributed by atoms with Crippen molar-refractivity contribution in [2.45, 2.75) is 46.1 Å². The van der Waals surface area contributed by atoms with Crippen LogP contribution in [0.5, 0.6) is 0 Å². The first kappa shape index (κ1) is 17.4. The first-order valence-corrected chi connectivity index (χ1v) is 8.27. The Bertz CT molecular complexity index is 655. The van der Waals surface area contributed by atoms with Crippen LogP contribution < -0.4 is 10.6 Å². The van der Waals surface area contributed by atoms with Crippen LogP contribution in [0.2, 0.25) is 0 Å². The van der Waals surface area contributed by atoms with E-state index in [9.17, 15) is 0 Å². The average molecular weight is 327 g/mol. The van der Waals surface area contributed by atoms with Crippen LogP contribution >= 0.6 is 12.2 Å². The number of nitrogens with one attached hydrogen (secondary N) is 2. The highest BCUT2D eigenvalue weighted by molar-refractivity contribution is 7.80. The first-order chi connectivity index (χ1) is 10.8. The minimum absolute atomic E-state index is 0.134.